The number of halogens is 5. The van der Waals surface area contributed by atoms with Crippen molar-refractivity contribution in [1.82, 2.24) is 0 Å². The van der Waals surface area contributed by atoms with Crippen LogP contribution in [0.25, 0.3) is 0 Å². The van der Waals surface area contributed by atoms with Crippen molar-refractivity contribution in [3.8, 4) is 0 Å². The van der Waals surface area contributed by atoms with Crippen molar-refractivity contribution >= 4 is 43.6 Å². The van der Waals surface area contributed by atoms with Crippen LogP contribution in [0.5, 0.6) is 0 Å². The largest absolute Gasteiger partial charge is 0.418 e. The molecule has 1 aromatic carbocycles. The minimum atomic E-state index is -4.57. The molecule has 0 N–H and O–H groups in total. The third-order valence-corrected chi connectivity index (χ3v) is 2.55. The van der Waals surface area contributed by atoms with Crippen LogP contribution in [0.15, 0.2) is 26.1 Å². The van der Waals surface area contributed by atoms with E-state index in [0.717, 1.165) is 12.1 Å². The maximum atomic E-state index is 12.5. The molecule has 2 nitrogen and oxygen atoms in total. The number of alkyl halides is 3. The van der Waals surface area contributed by atoms with Crippen molar-refractivity contribution in [1.29, 1.82) is 0 Å². The minimum absolute atomic E-state index is 0.0764. The van der Waals surface area contributed by atoms with E-state index in [0.29, 0.717) is 0 Å². The first-order valence-corrected chi connectivity index (χ1v) is 5.09. The van der Waals surface area contributed by atoms with Crippen molar-refractivity contribution in [2.24, 2.45) is 4.99 Å². The van der Waals surface area contributed by atoms with Crippen LogP contribution in [0.3, 0.4) is 0 Å². The first-order chi connectivity index (χ1) is 6.86. The van der Waals surface area contributed by atoms with Crippen LogP contribution in [-0.2, 0) is 11.0 Å². The second-order valence-electron chi connectivity index (χ2n) is 2.48. The quantitative estimate of drug-likeness (QED) is 0.554. The van der Waals surface area contributed by atoms with E-state index < -0.39 is 17.4 Å². The van der Waals surface area contributed by atoms with E-state index >= 15 is 0 Å². The predicted octanol–water partition coefficient (Wildman–Crippen LogP) is 4.20. The molecule has 0 radical (unpaired) electrons. The summed E-state index contributed by atoms with van der Waals surface area (Å²) in [5.74, 6) is 0. The Bertz CT molecular complexity index is 438. The summed E-state index contributed by atoms with van der Waals surface area (Å²) in [6.45, 7) is 0. The molecule has 0 saturated heterocycles. The highest BCUT2D eigenvalue weighted by Gasteiger charge is 2.35. The second kappa shape index (κ2) is 4.47. The third kappa shape index (κ3) is 2.90. The van der Waals surface area contributed by atoms with Crippen LogP contribution in [-0.4, -0.2) is 6.08 Å². The van der Waals surface area contributed by atoms with Gasteiger partial charge in [-0.2, -0.15) is 18.2 Å². The van der Waals surface area contributed by atoms with Crippen molar-refractivity contribution < 1.29 is 18.0 Å². The molecular formula is C8H2Br2F3NO. The number of rotatable bonds is 1. The van der Waals surface area contributed by atoms with Gasteiger partial charge in [0.25, 0.3) is 0 Å². The summed E-state index contributed by atoms with van der Waals surface area (Å²) >= 11 is 5.81. The van der Waals surface area contributed by atoms with E-state index in [9.17, 15) is 18.0 Å². The van der Waals surface area contributed by atoms with E-state index in [1.165, 1.54) is 6.07 Å². The van der Waals surface area contributed by atoms with Crippen LogP contribution in [0.4, 0.5) is 18.9 Å². The molecule has 0 fully saturated rings. The van der Waals surface area contributed by atoms with E-state index in [-0.39, 0.29) is 8.95 Å². The number of hydrogen-bond donors (Lipinski definition) is 0. The number of carbonyl (C=O) groups excluding carboxylic acids is 1. The summed E-state index contributed by atoms with van der Waals surface area (Å²) < 4.78 is 37.8. The summed E-state index contributed by atoms with van der Waals surface area (Å²) in [5.41, 5.74) is -1.46. The van der Waals surface area contributed by atoms with Gasteiger partial charge in [0.15, 0.2) is 0 Å². The molecule has 0 unspecified atom stereocenters. The lowest BCUT2D eigenvalue weighted by molar-refractivity contribution is -0.137. The first-order valence-electron chi connectivity index (χ1n) is 3.50. The Kier molecular flexibility index (Phi) is 3.70. The Labute approximate surface area is 99.4 Å². The summed E-state index contributed by atoms with van der Waals surface area (Å²) in [4.78, 5) is 13.0. The molecule has 0 bridgehead atoms. The van der Waals surface area contributed by atoms with Gasteiger partial charge in [0.2, 0.25) is 6.08 Å². The van der Waals surface area contributed by atoms with Crippen molar-refractivity contribution in [2.45, 2.75) is 6.18 Å². The van der Waals surface area contributed by atoms with E-state index in [2.05, 4.69) is 36.9 Å². The fourth-order valence-corrected chi connectivity index (χ4v) is 2.26. The molecule has 0 amide bonds. The number of isocyanates is 1. The summed E-state index contributed by atoms with van der Waals surface area (Å²) in [6, 6.07) is 2.21. The SMILES string of the molecule is O=C=Nc1c(Br)cc(Br)cc1C(F)(F)F. The zero-order valence-corrected chi connectivity index (χ0v) is 10.1. The molecule has 0 aliphatic rings. The van der Waals surface area contributed by atoms with E-state index in [1.54, 1.807) is 0 Å². The molecule has 0 aliphatic carbocycles. The minimum Gasteiger partial charge on any atom is -0.211 e. The van der Waals surface area contributed by atoms with Gasteiger partial charge in [-0.1, -0.05) is 15.9 Å². The number of nitrogens with zero attached hydrogens (tertiary/aromatic N) is 1. The average Bonchev–Trinajstić information content (AvgIpc) is 2.07. The monoisotopic (exact) mass is 343 g/mol. The zero-order chi connectivity index (χ0) is 11.6. The highest BCUT2D eigenvalue weighted by Crippen LogP contribution is 2.42. The highest BCUT2D eigenvalue weighted by molar-refractivity contribution is 9.11. The van der Waals surface area contributed by atoms with Crippen LogP contribution in [0, 0.1) is 0 Å². The van der Waals surface area contributed by atoms with Crippen molar-refractivity contribution in [3.63, 3.8) is 0 Å². The summed E-state index contributed by atoms with van der Waals surface area (Å²) in [6.07, 6.45) is -3.48. The van der Waals surface area contributed by atoms with Gasteiger partial charge >= 0.3 is 6.18 Å². The molecule has 7 heteroatoms. The Hall–Kier alpha value is -0.650. The number of aliphatic imine (C=N–C) groups is 1. The molecule has 0 aromatic heterocycles. The van der Waals surface area contributed by atoms with Crippen molar-refractivity contribution in [3.05, 3.63) is 26.6 Å². The molecule has 0 atom stereocenters. The molecular weight excluding hydrogens is 343 g/mol. The van der Waals surface area contributed by atoms with Gasteiger partial charge in [-0.15, -0.1) is 0 Å². The smallest absolute Gasteiger partial charge is 0.211 e. The van der Waals surface area contributed by atoms with Gasteiger partial charge in [-0.25, -0.2) is 4.79 Å². The molecule has 0 spiro atoms. The van der Waals surface area contributed by atoms with Gasteiger partial charge < -0.3 is 0 Å². The van der Waals surface area contributed by atoms with Gasteiger partial charge in [-0.05, 0) is 28.1 Å². The fourth-order valence-electron chi connectivity index (χ4n) is 0.941. The lowest BCUT2D eigenvalue weighted by Gasteiger charge is -2.10. The Morgan fingerprint density at radius 1 is 1.27 bits per heavy atom. The second-order valence-corrected chi connectivity index (χ2v) is 4.25. The summed E-state index contributed by atoms with van der Waals surface area (Å²) in [7, 11) is 0. The fraction of sp³-hybridized carbons (Fsp3) is 0.125. The molecule has 1 aromatic rings. The molecule has 0 heterocycles. The third-order valence-electron chi connectivity index (χ3n) is 1.49. The molecule has 15 heavy (non-hydrogen) atoms. The molecule has 1 rings (SSSR count). The van der Waals surface area contributed by atoms with E-state index in [4.69, 9.17) is 0 Å². The molecule has 0 saturated carbocycles. The van der Waals surface area contributed by atoms with Gasteiger partial charge in [0, 0.05) is 8.95 Å². The zero-order valence-electron chi connectivity index (χ0n) is 6.90. The average molecular weight is 345 g/mol. The van der Waals surface area contributed by atoms with Crippen LogP contribution >= 0.6 is 31.9 Å². The van der Waals surface area contributed by atoms with Gasteiger partial charge in [-0.3, -0.25) is 0 Å². The Morgan fingerprint density at radius 3 is 2.33 bits per heavy atom. The van der Waals surface area contributed by atoms with Crippen molar-refractivity contribution in [2.75, 3.05) is 0 Å². The predicted molar refractivity (Wildman–Crippen MR) is 54.6 cm³/mol. The van der Waals surface area contributed by atoms with Crippen LogP contribution < -0.4 is 0 Å². The van der Waals surface area contributed by atoms with Gasteiger partial charge in [0.1, 0.15) is 5.69 Å². The standard InChI is InChI=1S/C8H2Br2F3NO/c9-4-1-5(8(11,12)13)7(14-3-15)6(10)2-4/h1-2H. The van der Waals surface area contributed by atoms with Crippen LogP contribution in [0.1, 0.15) is 5.56 Å². The maximum Gasteiger partial charge on any atom is 0.418 e. The lowest BCUT2D eigenvalue weighted by atomic mass is 10.2. The van der Waals surface area contributed by atoms with Crippen LogP contribution in [0.2, 0.25) is 0 Å². The highest BCUT2D eigenvalue weighted by atomic mass is 79.9. The number of hydrogen-bond acceptors (Lipinski definition) is 2. The normalized spacial score (nSPS) is 11.0. The van der Waals surface area contributed by atoms with Gasteiger partial charge in [0.05, 0.1) is 5.56 Å². The Balaban J connectivity index is 3.54. The first kappa shape index (κ1) is 12.4. The summed E-state index contributed by atoms with van der Waals surface area (Å²) in [5, 5.41) is 0. The van der Waals surface area contributed by atoms with E-state index in [1.807, 2.05) is 0 Å². The number of benzene rings is 1. The maximum absolute atomic E-state index is 12.5. The molecule has 0 aliphatic heterocycles. The lowest BCUT2D eigenvalue weighted by Crippen LogP contribution is -2.05. The topological polar surface area (TPSA) is 29.4 Å². The molecule has 80 valence electrons. The Morgan fingerprint density at radius 2 is 1.87 bits per heavy atom.